The summed E-state index contributed by atoms with van der Waals surface area (Å²) in [5.74, 6) is 0. The van der Waals surface area contributed by atoms with Gasteiger partial charge in [-0.3, -0.25) is 9.88 Å². The lowest BCUT2D eigenvalue weighted by Gasteiger charge is -2.27. The number of hydrogen-bond donors (Lipinski definition) is 1. The highest BCUT2D eigenvalue weighted by Gasteiger charge is 2.17. The van der Waals surface area contributed by atoms with Gasteiger partial charge in [-0.15, -0.1) is 0 Å². The first-order valence-corrected chi connectivity index (χ1v) is 6.80. The Morgan fingerprint density at radius 3 is 2.29 bits per heavy atom. The highest BCUT2D eigenvalue weighted by molar-refractivity contribution is 5.26. The highest BCUT2D eigenvalue weighted by atomic mass is 19.3. The largest absolute Gasteiger partial charge is 0.329 e. The Bertz CT molecular complexity index is 543. The molecule has 0 bridgehead atoms. The number of likely N-dealkylation sites (N-methyl/N-ethyl adjacent to an activating group) is 1. The van der Waals surface area contributed by atoms with Crippen LogP contribution in [-0.4, -0.2) is 23.5 Å². The number of nitrogens with zero attached hydrogens (tertiary/aromatic N) is 2. The Morgan fingerprint density at radius 2 is 1.76 bits per heavy atom. The number of benzene rings is 1. The van der Waals surface area contributed by atoms with Crippen LogP contribution in [0.3, 0.4) is 0 Å². The fourth-order valence-electron chi connectivity index (χ4n) is 2.29. The molecule has 1 aromatic carbocycles. The van der Waals surface area contributed by atoms with Crippen molar-refractivity contribution in [2.45, 2.75) is 19.0 Å². The van der Waals surface area contributed by atoms with Crippen LogP contribution in [0.5, 0.6) is 0 Å². The molecule has 0 aliphatic rings. The summed E-state index contributed by atoms with van der Waals surface area (Å²) in [4.78, 5) is 6.35. The van der Waals surface area contributed by atoms with Gasteiger partial charge in [0.1, 0.15) is 0 Å². The molecule has 0 spiro atoms. The predicted molar refractivity (Wildman–Crippen MR) is 78.9 cm³/mol. The Kier molecular flexibility index (Phi) is 5.36. The van der Waals surface area contributed by atoms with Crippen molar-refractivity contribution in [3.63, 3.8) is 0 Å². The third-order valence-electron chi connectivity index (χ3n) is 3.47. The quantitative estimate of drug-likeness (QED) is 0.889. The van der Waals surface area contributed by atoms with Crippen molar-refractivity contribution in [1.29, 1.82) is 0 Å². The molecule has 0 saturated carbocycles. The second kappa shape index (κ2) is 7.24. The molecule has 0 radical (unpaired) electrons. The normalized spacial score (nSPS) is 12.9. The van der Waals surface area contributed by atoms with Crippen LogP contribution in [0.4, 0.5) is 8.78 Å². The molecular weight excluding hydrogens is 272 g/mol. The van der Waals surface area contributed by atoms with Gasteiger partial charge in [0.25, 0.3) is 6.43 Å². The summed E-state index contributed by atoms with van der Waals surface area (Å²) in [5, 5.41) is 0. The minimum absolute atomic E-state index is 0.0290. The molecule has 2 rings (SSSR count). The van der Waals surface area contributed by atoms with Crippen molar-refractivity contribution in [1.82, 2.24) is 9.88 Å². The first-order valence-electron chi connectivity index (χ1n) is 6.80. The van der Waals surface area contributed by atoms with E-state index in [1.807, 2.05) is 25.2 Å². The molecule has 0 aliphatic heterocycles. The monoisotopic (exact) mass is 291 g/mol. The maximum absolute atomic E-state index is 12.6. The first kappa shape index (κ1) is 15.5. The molecule has 2 aromatic rings. The third kappa shape index (κ3) is 4.06. The second-order valence-corrected chi connectivity index (χ2v) is 4.96. The first-order chi connectivity index (χ1) is 10.1. The molecule has 112 valence electrons. The van der Waals surface area contributed by atoms with Gasteiger partial charge in [0.15, 0.2) is 0 Å². The molecule has 0 amide bonds. The van der Waals surface area contributed by atoms with Gasteiger partial charge >= 0.3 is 0 Å². The summed E-state index contributed by atoms with van der Waals surface area (Å²) in [7, 11) is 1.95. The maximum Gasteiger partial charge on any atom is 0.263 e. The predicted octanol–water partition coefficient (Wildman–Crippen LogP) is 3.15. The van der Waals surface area contributed by atoms with Gasteiger partial charge in [0.2, 0.25) is 0 Å². The van der Waals surface area contributed by atoms with E-state index in [-0.39, 0.29) is 11.6 Å². The summed E-state index contributed by atoms with van der Waals surface area (Å²) in [5.41, 5.74) is 7.75. The topological polar surface area (TPSA) is 42.2 Å². The van der Waals surface area contributed by atoms with Crippen molar-refractivity contribution in [2.24, 2.45) is 5.73 Å². The molecule has 0 fully saturated rings. The van der Waals surface area contributed by atoms with Gasteiger partial charge in [-0.1, -0.05) is 30.3 Å². The summed E-state index contributed by atoms with van der Waals surface area (Å²) in [6.07, 6.45) is -0.695. The average molecular weight is 291 g/mol. The third-order valence-corrected chi connectivity index (χ3v) is 3.47. The van der Waals surface area contributed by atoms with E-state index in [9.17, 15) is 8.78 Å². The fourth-order valence-corrected chi connectivity index (χ4v) is 2.29. The van der Waals surface area contributed by atoms with Gasteiger partial charge in [0, 0.05) is 30.9 Å². The van der Waals surface area contributed by atoms with Crippen LogP contribution in [0.1, 0.15) is 29.3 Å². The van der Waals surface area contributed by atoms with Crippen molar-refractivity contribution in [3.05, 3.63) is 65.5 Å². The van der Waals surface area contributed by atoms with Crippen molar-refractivity contribution in [2.75, 3.05) is 13.6 Å². The maximum atomic E-state index is 12.6. The molecular formula is C16H19F2N3. The lowest BCUT2D eigenvalue weighted by Crippen LogP contribution is -2.30. The molecule has 1 aromatic heterocycles. The Morgan fingerprint density at radius 1 is 1.10 bits per heavy atom. The number of hydrogen-bond acceptors (Lipinski definition) is 3. The van der Waals surface area contributed by atoms with E-state index < -0.39 is 6.43 Å². The second-order valence-electron chi connectivity index (χ2n) is 4.96. The van der Waals surface area contributed by atoms with Crippen LogP contribution in [0.2, 0.25) is 0 Å². The molecule has 1 unspecified atom stereocenters. The zero-order chi connectivity index (χ0) is 15.2. The van der Waals surface area contributed by atoms with Crippen LogP contribution >= 0.6 is 0 Å². The van der Waals surface area contributed by atoms with Crippen LogP contribution in [0.25, 0.3) is 0 Å². The molecule has 5 heteroatoms. The Balaban J connectivity index is 2.11. The highest BCUT2D eigenvalue weighted by Crippen LogP contribution is 2.24. The van der Waals surface area contributed by atoms with Crippen molar-refractivity contribution >= 4 is 0 Å². The van der Waals surface area contributed by atoms with E-state index in [1.54, 1.807) is 18.3 Å². The number of pyridine rings is 1. The molecule has 21 heavy (non-hydrogen) atoms. The molecule has 1 heterocycles. The minimum Gasteiger partial charge on any atom is -0.329 e. The minimum atomic E-state index is -2.44. The van der Waals surface area contributed by atoms with Crippen LogP contribution in [0, 0.1) is 0 Å². The summed E-state index contributed by atoms with van der Waals surface area (Å²) in [6.45, 7) is 1.07. The van der Waals surface area contributed by atoms with Crippen molar-refractivity contribution < 1.29 is 8.78 Å². The number of halogens is 2. The summed E-state index contributed by atoms with van der Waals surface area (Å²) in [6, 6.07) is 12.1. The number of aromatic nitrogens is 1. The van der Waals surface area contributed by atoms with Gasteiger partial charge in [-0.2, -0.15) is 0 Å². The lowest BCUT2D eigenvalue weighted by molar-refractivity contribution is 0.151. The lowest BCUT2D eigenvalue weighted by atomic mass is 10.0. The van der Waals surface area contributed by atoms with Crippen LogP contribution in [-0.2, 0) is 6.54 Å². The summed E-state index contributed by atoms with van der Waals surface area (Å²) < 4.78 is 25.2. The number of rotatable bonds is 6. The van der Waals surface area contributed by atoms with Gasteiger partial charge in [-0.25, -0.2) is 8.78 Å². The van der Waals surface area contributed by atoms with Crippen molar-refractivity contribution in [3.8, 4) is 0 Å². The zero-order valence-electron chi connectivity index (χ0n) is 11.9. The molecule has 0 saturated heterocycles. The van der Waals surface area contributed by atoms with E-state index >= 15 is 0 Å². The SMILES string of the molecule is CN(Cc1ccccn1)C(CN)c1ccc(C(F)F)cc1. The Hall–Kier alpha value is -1.85. The smallest absolute Gasteiger partial charge is 0.263 e. The number of nitrogens with two attached hydrogens (primary N) is 1. The van der Waals surface area contributed by atoms with E-state index in [1.165, 1.54) is 12.1 Å². The summed E-state index contributed by atoms with van der Waals surface area (Å²) >= 11 is 0. The van der Waals surface area contributed by atoms with Gasteiger partial charge in [-0.05, 0) is 24.7 Å². The fraction of sp³-hybridized carbons (Fsp3) is 0.312. The average Bonchev–Trinajstić information content (AvgIpc) is 2.49. The van der Waals surface area contributed by atoms with E-state index in [2.05, 4.69) is 9.88 Å². The van der Waals surface area contributed by atoms with E-state index in [4.69, 9.17) is 5.73 Å². The Labute approximate surface area is 123 Å². The molecule has 2 N–H and O–H groups in total. The van der Waals surface area contributed by atoms with E-state index in [0.29, 0.717) is 13.1 Å². The van der Waals surface area contributed by atoms with Gasteiger partial charge < -0.3 is 5.73 Å². The van der Waals surface area contributed by atoms with E-state index in [0.717, 1.165) is 11.3 Å². The standard InChI is InChI=1S/C16H19F2N3/c1-21(11-14-4-2-3-9-20-14)15(10-19)12-5-7-13(8-6-12)16(17)18/h2-9,15-16H,10-11,19H2,1H3. The molecule has 1 atom stereocenters. The van der Waals surface area contributed by atoms with Gasteiger partial charge in [0.05, 0.1) is 5.69 Å². The van der Waals surface area contributed by atoms with Crippen LogP contribution in [0.15, 0.2) is 48.7 Å². The number of alkyl halides is 2. The van der Waals surface area contributed by atoms with Crippen LogP contribution < -0.4 is 5.73 Å². The zero-order valence-corrected chi connectivity index (χ0v) is 11.9. The molecule has 0 aliphatic carbocycles. The molecule has 3 nitrogen and oxygen atoms in total.